The molecular formula is C17H30O4. The van der Waals surface area contributed by atoms with Crippen LogP contribution >= 0.6 is 0 Å². The Labute approximate surface area is 128 Å². The minimum atomic E-state index is -0.00719. The first kappa shape index (κ1) is 16.8. The highest BCUT2D eigenvalue weighted by Gasteiger charge is 2.28. The smallest absolute Gasteiger partial charge is 0.309 e. The van der Waals surface area contributed by atoms with Gasteiger partial charge in [0.1, 0.15) is 0 Å². The van der Waals surface area contributed by atoms with Crippen LogP contribution in [0.5, 0.6) is 0 Å². The van der Waals surface area contributed by atoms with Crippen molar-refractivity contribution in [3.63, 3.8) is 0 Å². The van der Waals surface area contributed by atoms with E-state index in [4.69, 9.17) is 14.2 Å². The van der Waals surface area contributed by atoms with Gasteiger partial charge in [0.15, 0.2) is 0 Å². The summed E-state index contributed by atoms with van der Waals surface area (Å²) in [7, 11) is 0. The molecule has 2 atom stereocenters. The fourth-order valence-corrected chi connectivity index (χ4v) is 2.80. The van der Waals surface area contributed by atoms with Crippen molar-refractivity contribution in [1.29, 1.82) is 0 Å². The lowest BCUT2D eigenvalue weighted by Gasteiger charge is -2.28. The van der Waals surface area contributed by atoms with Crippen LogP contribution in [0.25, 0.3) is 0 Å². The van der Waals surface area contributed by atoms with E-state index >= 15 is 0 Å². The monoisotopic (exact) mass is 298 g/mol. The Morgan fingerprint density at radius 3 is 2.57 bits per heavy atom. The summed E-state index contributed by atoms with van der Waals surface area (Å²) in [4.78, 5) is 12.0. The first-order valence-corrected chi connectivity index (χ1v) is 8.62. The van der Waals surface area contributed by atoms with Crippen LogP contribution < -0.4 is 0 Å². The number of hydrogen-bond acceptors (Lipinski definition) is 4. The van der Waals surface area contributed by atoms with Crippen molar-refractivity contribution in [3.05, 3.63) is 0 Å². The van der Waals surface area contributed by atoms with Crippen molar-refractivity contribution in [2.24, 2.45) is 5.92 Å². The standard InChI is InChI=1S/C17H30O4/c1-3-13(2)21-17(18)14-7-9-15(10-8-14)19-11-5-4-6-16-12-20-16/h13-16H,3-12H2,1-2H3. The topological polar surface area (TPSA) is 48.1 Å². The molecule has 0 bridgehead atoms. The van der Waals surface area contributed by atoms with Crippen molar-refractivity contribution in [2.45, 2.75) is 83.5 Å². The minimum absolute atomic E-state index is 0.00719. The molecule has 0 spiro atoms. The van der Waals surface area contributed by atoms with E-state index in [1.54, 1.807) is 0 Å². The zero-order valence-electron chi connectivity index (χ0n) is 13.5. The quantitative estimate of drug-likeness (QED) is 0.371. The summed E-state index contributed by atoms with van der Waals surface area (Å²) in [5, 5.41) is 0. The van der Waals surface area contributed by atoms with Gasteiger partial charge in [-0.1, -0.05) is 6.92 Å². The van der Waals surface area contributed by atoms with Crippen molar-refractivity contribution < 1.29 is 19.0 Å². The van der Waals surface area contributed by atoms with Crippen molar-refractivity contribution in [3.8, 4) is 0 Å². The van der Waals surface area contributed by atoms with Crippen LogP contribution in [0.2, 0.25) is 0 Å². The van der Waals surface area contributed by atoms with E-state index in [0.29, 0.717) is 12.2 Å². The Hall–Kier alpha value is -0.610. The molecule has 2 fully saturated rings. The van der Waals surface area contributed by atoms with Crippen molar-refractivity contribution >= 4 is 5.97 Å². The molecule has 1 saturated carbocycles. The second-order valence-electron chi connectivity index (χ2n) is 6.45. The third kappa shape index (κ3) is 6.35. The minimum Gasteiger partial charge on any atom is -0.462 e. The summed E-state index contributed by atoms with van der Waals surface area (Å²) in [6.07, 6.45) is 9.11. The van der Waals surface area contributed by atoms with Gasteiger partial charge in [0.25, 0.3) is 0 Å². The highest BCUT2D eigenvalue weighted by molar-refractivity contribution is 5.72. The molecule has 0 aromatic carbocycles. The molecule has 21 heavy (non-hydrogen) atoms. The molecule has 0 radical (unpaired) electrons. The summed E-state index contributed by atoms with van der Waals surface area (Å²) in [5.41, 5.74) is 0. The Morgan fingerprint density at radius 1 is 1.24 bits per heavy atom. The molecule has 0 N–H and O–H groups in total. The van der Waals surface area contributed by atoms with E-state index < -0.39 is 0 Å². The molecule has 4 nitrogen and oxygen atoms in total. The van der Waals surface area contributed by atoms with E-state index in [-0.39, 0.29) is 18.0 Å². The van der Waals surface area contributed by atoms with Gasteiger partial charge in [0.05, 0.1) is 30.8 Å². The lowest BCUT2D eigenvalue weighted by molar-refractivity contribution is -0.155. The van der Waals surface area contributed by atoms with E-state index in [0.717, 1.165) is 51.7 Å². The summed E-state index contributed by atoms with van der Waals surface area (Å²) in [5.74, 6) is 0.0816. The highest BCUT2D eigenvalue weighted by atomic mass is 16.6. The first-order valence-electron chi connectivity index (χ1n) is 8.62. The van der Waals surface area contributed by atoms with Crippen LogP contribution in [0.3, 0.4) is 0 Å². The van der Waals surface area contributed by atoms with Crippen molar-refractivity contribution in [2.75, 3.05) is 13.2 Å². The van der Waals surface area contributed by atoms with Crippen LogP contribution in [0.15, 0.2) is 0 Å². The average molecular weight is 298 g/mol. The summed E-state index contributed by atoms with van der Waals surface area (Å²) in [6.45, 7) is 5.80. The normalized spacial score (nSPS) is 29.9. The Kier molecular flexibility index (Phi) is 6.97. The van der Waals surface area contributed by atoms with Gasteiger partial charge >= 0.3 is 5.97 Å². The second-order valence-corrected chi connectivity index (χ2v) is 6.45. The van der Waals surface area contributed by atoms with Crippen LogP contribution in [-0.2, 0) is 19.0 Å². The Bertz CT molecular complexity index is 306. The molecule has 0 aromatic heterocycles. The Morgan fingerprint density at radius 2 is 1.95 bits per heavy atom. The van der Waals surface area contributed by atoms with Gasteiger partial charge in [0.2, 0.25) is 0 Å². The zero-order valence-corrected chi connectivity index (χ0v) is 13.5. The number of rotatable bonds is 9. The molecule has 0 aromatic rings. The molecule has 1 aliphatic heterocycles. The average Bonchev–Trinajstić information content (AvgIpc) is 3.31. The van der Waals surface area contributed by atoms with Gasteiger partial charge in [-0.2, -0.15) is 0 Å². The maximum absolute atomic E-state index is 12.0. The third-order valence-electron chi connectivity index (χ3n) is 4.58. The lowest BCUT2D eigenvalue weighted by Crippen LogP contribution is -2.29. The molecule has 2 unspecified atom stereocenters. The van der Waals surface area contributed by atoms with E-state index in [9.17, 15) is 4.79 Å². The molecule has 122 valence electrons. The highest BCUT2D eigenvalue weighted by Crippen LogP contribution is 2.28. The fourth-order valence-electron chi connectivity index (χ4n) is 2.80. The fraction of sp³-hybridized carbons (Fsp3) is 0.941. The zero-order chi connectivity index (χ0) is 15.1. The van der Waals surface area contributed by atoms with Crippen LogP contribution in [0, 0.1) is 5.92 Å². The van der Waals surface area contributed by atoms with E-state index in [1.807, 2.05) is 13.8 Å². The van der Waals surface area contributed by atoms with E-state index in [2.05, 4.69) is 0 Å². The van der Waals surface area contributed by atoms with Crippen LogP contribution in [0.4, 0.5) is 0 Å². The molecule has 2 rings (SSSR count). The molecule has 1 aliphatic carbocycles. The van der Waals surface area contributed by atoms with Gasteiger partial charge in [-0.3, -0.25) is 4.79 Å². The number of esters is 1. The number of hydrogen-bond donors (Lipinski definition) is 0. The van der Waals surface area contributed by atoms with Gasteiger partial charge < -0.3 is 14.2 Å². The van der Waals surface area contributed by atoms with Crippen LogP contribution in [-0.4, -0.2) is 37.5 Å². The number of ether oxygens (including phenoxy) is 3. The second kappa shape index (κ2) is 8.74. The van der Waals surface area contributed by atoms with Crippen molar-refractivity contribution in [1.82, 2.24) is 0 Å². The maximum Gasteiger partial charge on any atom is 0.309 e. The van der Waals surface area contributed by atoms with Gasteiger partial charge in [-0.25, -0.2) is 0 Å². The van der Waals surface area contributed by atoms with Crippen LogP contribution in [0.1, 0.15) is 65.2 Å². The summed E-state index contributed by atoms with van der Waals surface area (Å²) < 4.78 is 16.5. The molecule has 0 amide bonds. The molecule has 4 heteroatoms. The predicted molar refractivity (Wildman–Crippen MR) is 81.1 cm³/mol. The van der Waals surface area contributed by atoms with E-state index in [1.165, 1.54) is 12.8 Å². The predicted octanol–water partition coefficient (Wildman–Crippen LogP) is 3.47. The Balaban J connectivity index is 1.51. The lowest BCUT2D eigenvalue weighted by atomic mass is 9.87. The maximum atomic E-state index is 12.0. The molecule has 1 heterocycles. The number of carbonyl (C=O) groups excluding carboxylic acids is 1. The number of epoxide rings is 1. The first-order chi connectivity index (χ1) is 10.2. The molecule has 1 saturated heterocycles. The van der Waals surface area contributed by atoms with Gasteiger partial charge in [-0.05, 0) is 58.3 Å². The number of carbonyl (C=O) groups is 1. The van der Waals surface area contributed by atoms with Gasteiger partial charge in [-0.15, -0.1) is 0 Å². The molecular weight excluding hydrogens is 268 g/mol. The van der Waals surface area contributed by atoms with Gasteiger partial charge in [0, 0.05) is 6.61 Å². The SMILES string of the molecule is CCC(C)OC(=O)C1CCC(OCCCCC2CO2)CC1. The third-order valence-corrected chi connectivity index (χ3v) is 4.58. The molecule has 2 aliphatic rings. The summed E-state index contributed by atoms with van der Waals surface area (Å²) >= 11 is 0. The summed E-state index contributed by atoms with van der Waals surface area (Å²) in [6, 6.07) is 0. The number of unbranched alkanes of at least 4 members (excludes halogenated alkanes) is 1. The largest absolute Gasteiger partial charge is 0.462 e.